The number of aryl methyl sites for hydroxylation is 1. The lowest BCUT2D eigenvalue weighted by molar-refractivity contribution is 0.338. The van der Waals surface area contributed by atoms with Crippen LogP contribution in [0.2, 0.25) is 0 Å². The molecular weight excluding hydrogens is 178 g/mol. The van der Waals surface area contributed by atoms with E-state index in [1.54, 1.807) is 0 Å². The van der Waals surface area contributed by atoms with Gasteiger partial charge in [-0.15, -0.1) is 10.2 Å². The Morgan fingerprint density at radius 3 is 2.86 bits per heavy atom. The van der Waals surface area contributed by atoms with Gasteiger partial charge in [0.15, 0.2) is 5.65 Å². The normalized spacial score (nSPS) is 10.7. The summed E-state index contributed by atoms with van der Waals surface area (Å²) in [4.78, 5) is 0. The first-order chi connectivity index (χ1) is 6.85. The maximum atomic E-state index is 5.41. The Hall–Kier alpha value is -1.58. The quantitative estimate of drug-likeness (QED) is 0.741. The molecule has 2 aromatic heterocycles. The molecule has 2 heterocycles. The van der Waals surface area contributed by atoms with E-state index in [0.29, 0.717) is 6.61 Å². The molecule has 4 nitrogen and oxygen atoms in total. The van der Waals surface area contributed by atoms with Gasteiger partial charge in [-0.3, -0.25) is 4.40 Å². The number of aromatic nitrogens is 3. The zero-order valence-corrected chi connectivity index (χ0v) is 8.40. The highest BCUT2D eigenvalue weighted by atomic mass is 16.5. The lowest BCUT2D eigenvalue weighted by atomic mass is 10.4. The Morgan fingerprint density at radius 1 is 1.29 bits per heavy atom. The highest BCUT2D eigenvalue weighted by molar-refractivity contribution is 5.41. The lowest BCUT2D eigenvalue weighted by Gasteiger charge is -2.03. The second-order valence-corrected chi connectivity index (χ2v) is 3.00. The molecule has 0 radical (unpaired) electrons. The van der Waals surface area contributed by atoms with Crippen LogP contribution >= 0.6 is 0 Å². The van der Waals surface area contributed by atoms with Crippen molar-refractivity contribution in [3.63, 3.8) is 0 Å². The zero-order valence-electron chi connectivity index (χ0n) is 8.40. The Kier molecular flexibility index (Phi) is 2.35. The summed E-state index contributed by atoms with van der Waals surface area (Å²) in [6, 6.07) is 3.82. The SMILES string of the molecule is CCOc1ccc2nnc(CC)n2c1. The number of hydrogen-bond donors (Lipinski definition) is 0. The number of fused-ring (bicyclic) bond motifs is 1. The third-order valence-corrected chi connectivity index (χ3v) is 2.07. The zero-order chi connectivity index (χ0) is 9.97. The highest BCUT2D eigenvalue weighted by Crippen LogP contribution is 2.13. The Balaban J connectivity index is 2.50. The third kappa shape index (κ3) is 1.43. The van der Waals surface area contributed by atoms with Gasteiger partial charge in [0.25, 0.3) is 0 Å². The third-order valence-electron chi connectivity index (χ3n) is 2.07. The summed E-state index contributed by atoms with van der Waals surface area (Å²) in [5.74, 6) is 1.82. The van der Waals surface area contributed by atoms with E-state index in [4.69, 9.17) is 4.74 Å². The molecule has 0 unspecified atom stereocenters. The number of nitrogens with zero attached hydrogens (tertiary/aromatic N) is 3. The molecule has 4 heteroatoms. The smallest absolute Gasteiger partial charge is 0.161 e. The van der Waals surface area contributed by atoms with Gasteiger partial charge < -0.3 is 4.74 Å². The molecule has 0 saturated heterocycles. The number of ether oxygens (including phenoxy) is 1. The fraction of sp³-hybridized carbons (Fsp3) is 0.400. The summed E-state index contributed by atoms with van der Waals surface area (Å²) in [6.45, 7) is 4.70. The van der Waals surface area contributed by atoms with Crippen LogP contribution in [0.3, 0.4) is 0 Å². The molecule has 14 heavy (non-hydrogen) atoms. The van der Waals surface area contributed by atoms with Crippen molar-refractivity contribution in [2.24, 2.45) is 0 Å². The molecule has 0 aliphatic heterocycles. The number of rotatable bonds is 3. The molecule has 0 aromatic carbocycles. The fourth-order valence-corrected chi connectivity index (χ4v) is 1.41. The average Bonchev–Trinajstić information content (AvgIpc) is 2.60. The highest BCUT2D eigenvalue weighted by Gasteiger charge is 2.03. The topological polar surface area (TPSA) is 39.4 Å². The molecule has 0 N–H and O–H groups in total. The van der Waals surface area contributed by atoms with Crippen molar-refractivity contribution in [3.8, 4) is 5.75 Å². The van der Waals surface area contributed by atoms with E-state index in [2.05, 4.69) is 17.1 Å². The van der Waals surface area contributed by atoms with Gasteiger partial charge in [-0.1, -0.05) is 6.92 Å². The number of pyridine rings is 1. The Morgan fingerprint density at radius 2 is 2.14 bits per heavy atom. The largest absolute Gasteiger partial charge is 0.492 e. The summed E-state index contributed by atoms with van der Waals surface area (Å²) in [6.07, 6.45) is 2.80. The fourth-order valence-electron chi connectivity index (χ4n) is 1.41. The summed E-state index contributed by atoms with van der Waals surface area (Å²) >= 11 is 0. The standard InChI is InChI=1S/C10H13N3O/c1-3-9-11-12-10-6-5-8(14-4-2)7-13(9)10/h5-7H,3-4H2,1-2H3. The van der Waals surface area contributed by atoms with Crippen molar-refractivity contribution in [1.82, 2.24) is 14.6 Å². The molecule has 0 amide bonds. The first kappa shape index (κ1) is 8.99. The van der Waals surface area contributed by atoms with E-state index in [0.717, 1.165) is 23.6 Å². The predicted molar refractivity (Wildman–Crippen MR) is 53.5 cm³/mol. The van der Waals surface area contributed by atoms with Crippen LogP contribution in [-0.2, 0) is 6.42 Å². The van der Waals surface area contributed by atoms with Crippen LogP contribution in [0.5, 0.6) is 5.75 Å². The van der Waals surface area contributed by atoms with Gasteiger partial charge in [0.05, 0.1) is 12.8 Å². The maximum Gasteiger partial charge on any atom is 0.161 e. The molecule has 0 atom stereocenters. The van der Waals surface area contributed by atoms with Crippen molar-refractivity contribution in [2.45, 2.75) is 20.3 Å². The first-order valence-corrected chi connectivity index (χ1v) is 4.81. The van der Waals surface area contributed by atoms with Crippen LogP contribution < -0.4 is 4.74 Å². The van der Waals surface area contributed by atoms with Gasteiger partial charge in [-0.25, -0.2) is 0 Å². The van der Waals surface area contributed by atoms with E-state index in [9.17, 15) is 0 Å². The van der Waals surface area contributed by atoms with Crippen LogP contribution in [0, 0.1) is 0 Å². The molecule has 74 valence electrons. The molecule has 0 saturated carbocycles. The molecule has 0 fully saturated rings. The van der Waals surface area contributed by atoms with Crippen molar-refractivity contribution < 1.29 is 4.74 Å². The molecule has 2 rings (SSSR count). The van der Waals surface area contributed by atoms with Crippen LogP contribution in [0.4, 0.5) is 0 Å². The van der Waals surface area contributed by atoms with Crippen molar-refractivity contribution in [1.29, 1.82) is 0 Å². The summed E-state index contributed by atoms with van der Waals surface area (Å²) < 4.78 is 7.37. The predicted octanol–water partition coefficient (Wildman–Crippen LogP) is 1.69. The van der Waals surface area contributed by atoms with Gasteiger partial charge in [0.1, 0.15) is 11.6 Å². The van der Waals surface area contributed by atoms with Crippen molar-refractivity contribution in [3.05, 3.63) is 24.2 Å². The molecule has 0 aliphatic rings. The second-order valence-electron chi connectivity index (χ2n) is 3.00. The Labute approximate surface area is 82.5 Å². The van der Waals surface area contributed by atoms with Crippen LogP contribution in [0.25, 0.3) is 5.65 Å². The van der Waals surface area contributed by atoms with Crippen molar-refractivity contribution >= 4 is 5.65 Å². The van der Waals surface area contributed by atoms with E-state index in [1.165, 1.54) is 0 Å². The molecule has 2 aromatic rings. The van der Waals surface area contributed by atoms with E-state index in [-0.39, 0.29) is 0 Å². The van der Waals surface area contributed by atoms with Crippen LogP contribution in [0.1, 0.15) is 19.7 Å². The minimum absolute atomic E-state index is 0.676. The second kappa shape index (κ2) is 3.65. The maximum absolute atomic E-state index is 5.41. The minimum Gasteiger partial charge on any atom is -0.492 e. The van der Waals surface area contributed by atoms with Crippen molar-refractivity contribution in [2.75, 3.05) is 6.61 Å². The van der Waals surface area contributed by atoms with Crippen LogP contribution in [-0.4, -0.2) is 21.2 Å². The van der Waals surface area contributed by atoms with E-state index >= 15 is 0 Å². The molecule has 0 aliphatic carbocycles. The molecule has 0 spiro atoms. The summed E-state index contributed by atoms with van der Waals surface area (Å²) in [5, 5.41) is 8.12. The number of hydrogen-bond acceptors (Lipinski definition) is 3. The van der Waals surface area contributed by atoms with Crippen LogP contribution in [0.15, 0.2) is 18.3 Å². The Bertz CT molecular complexity index is 436. The van der Waals surface area contributed by atoms with E-state index in [1.807, 2.05) is 29.7 Å². The average molecular weight is 191 g/mol. The van der Waals surface area contributed by atoms with E-state index < -0.39 is 0 Å². The lowest BCUT2D eigenvalue weighted by Crippen LogP contribution is -1.96. The summed E-state index contributed by atoms with van der Waals surface area (Å²) in [5.41, 5.74) is 0.866. The van der Waals surface area contributed by atoms with Gasteiger partial charge in [0, 0.05) is 6.42 Å². The van der Waals surface area contributed by atoms with Gasteiger partial charge in [-0.05, 0) is 19.1 Å². The first-order valence-electron chi connectivity index (χ1n) is 4.81. The monoisotopic (exact) mass is 191 g/mol. The summed E-state index contributed by atoms with van der Waals surface area (Å²) in [7, 11) is 0. The molecular formula is C10H13N3O. The minimum atomic E-state index is 0.676. The molecule has 0 bridgehead atoms. The van der Waals surface area contributed by atoms with Gasteiger partial charge in [0.2, 0.25) is 0 Å². The van der Waals surface area contributed by atoms with Gasteiger partial charge in [-0.2, -0.15) is 0 Å². The van der Waals surface area contributed by atoms with Gasteiger partial charge >= 0.3 is 0 Å².